The van der Waals surface area contributed by atoms with E-state index in [-0.39, 0.29) is 22.4 Å². The van der Waals surface area contributed by atoms with E-state index in [1.807, 2.05) is 0 Å². The van der Waals surface area contributed by atoms with Crippen LogP contribution < -0.4 is 5.32 Å². The molecule has 0 saturated carbocycles. The molecule has 2 aromatic heterocycles. The Morgan fingerprint density at radius 3 is 2.62 bits per heavy atom. The van der Waals surface area contributed by atoms with Gasteiger partial charge in [0.05, 0.1) is 5.69 Å². The molecule has 1 N–H and O–H groups in total. The zero-order valence-electron chi connectivity index (χ0n) is 10.5. The summed E-state index contributed by atoms with van der Waals surface area (Å²) in [4.78, 5) is 7.84. The summed E-state index contributed by atoms with van der Waals surface area (Å²) in [5, 5.41) is 6.69. The van der Waals surface area contributed by atoms with Crippen LogP contribution in [0.5, 0.6) is 0 Å². The standard InChI is InChI=1S/C12H7ClF3N5/c1-5-10(13)20-12-17-4-18-21(12)11(5)19-9-3-7(15)6(14)2-8(9)16/h2-4,19H,1H3. The van der Waals surface area contributed by atoms with Crippen molar-refractivity contribution in [1.29, 1.82) is 0 Å². The lowest BCUT2D eigenvalue weighted by Gasteiger charge is -2.12. The van der Waals surface area contributed by atoms with Crippen LogP contribution in [0.1, 0.15) is 5.56 Å². The normalized spacial score (nSPS) is 11.1. The molecule has 0 unspecified atom stereocenters. The van der Waals surface area contributed by atoms with Crippen LogP contribution in [0.2, 0.25) is 5.15 Å². The van der Waals surface area contributed by atoms with Gasteiger partial charge in [-0.3, -0.25) is 0 Å². The Bertz CT molecular complexity index is 849. The number of nitrogens with zero attached hydrogens (tertiary/aromatic N) is 4. The van der Waals surface area contributed by atoms with E-state index >= 15 is 0 Å². The molecule has 0 atom stereocenters. The van der Waals surface area contributed by atoms with Crippen molar-refractivity contribution in [2.75, 3.05) is 5.32 Å². The quantitative estimate of drug-likeness (QED) is 0.583. The van der Waals surface area contributed by atoms with Crippen LogP contribution in [0.3, 0.4) is 0 Å². The summed E-state index contributed by atoms with van der Waals surface area (Å²) in [6.45, 7) is 1.62. The third-order valence-electron chi connectivity index (χ3n) is 2.87. The average molecular weight is 314 g/mol. The van der Waals surface area contributed by atoms with E-state index in [1.165, 1.54) is 10.8 Å². The van der Waals surface area contributed by atoms with Gasteiger partial charge < -0.3 is 5.32 Å². The van der Waals surface area contributed by atoms with Crippen LogP contribution >= 0.6 is 11.6 Å². The summed E-state index contributed by atoms with van der Waals surface area (Å²) in [5.74, 6) is -2.95. The van der Waals surface area contributed by atoms with Crippen LogP contribution in [0.4, 0.5) is 24.7 Å². The number of anilines is 2. The smallest absolute Gasteiger partial charge is 0.255 e. The molecule has 0 aliphatic rings. The number of rotatable bonds is 2. The van der Waals surface area contributed by atoms with Gasteiger partial charge in [-0.1, -0.05) is 11.6 Å². The minimum absolute atomic E-state index is 0.140. The molecule has 0 amide bonds. The molecule has 1 aromatic carbocycles. The molecular formula is C12H7ClF3N5. The molecule has 9 heteroatoms. The highest BCUT2D eigenvalue weighted by atomic mass is 35.5. The van der Waals surface area contributed by atoms with E-state index in [0.717, 1.165) is 0 Å². The Morgan fingerprint density at radius 1 is 1.14 bits per heavy atom. The maximum absolute atomic E-state index is 13.7. The number of hydrogen-bond acceptors (Lipinski definition) is 4. The Kier molecular flexibility index (Phi) is 3.17. The van der Waals surface area contributed by atoms with E-state index in [1.54, 1.807) is 6.92 Å². The SMILES string of the molecule is Cc1c(Cl)nc2ncnn2c1Nc1cc(F)c(F)cc1F. The van der Waals surface area contributed by atoms with Gasteiger partial charge in [0.15, 0.2) is 11.6 Å². The number of halogens is 4. The van der Waals surface area contributed by atoms with Gasteiger partial charge in [-0.05, 0) is 6.92 Å². The van der Waals surface area contributed by atoms with Crippen molar-refractivity contribution >= 4 is 28.9 Å². The first kappa shape index (κ1) is 13.6. The zero-order valence-corrected chi connectivity index (χ0v) is 11.3. The molecule has 21 heavy (non-hydrogen) atoms. The van der Waals surface area contributed by atoms with Crippen molar-refractivity contribution in [3.63, 3.8) is 0 Å². The molecule has 0 aliphatic carbocycles. The van der Waals surface area contributed by atoms with Crippen molar-refractivity contribution < 1.29 is 13.2 Å². The fourth-order valence-corrected chi connectivity index (χ4v) is 1.96. The van der Waals surface area contributed by atoms with Gasteiger partial charge in [-0.2, -0.15) is 19.6 Å². The average Bonchev–Trinajstić information content (AvgIpc) is 2.88. The van der Waals surface area contributed by atoms with Gasteiger partial charge in [0, 0.05) is 17.7 Å². The van der Waals surface area contributed by atoms with Crippen LogP contribution in [-0.4, -0.2) is 19.6 Å². The summed E-state index contributed by atoms with van der Waals surface area (Å²) >= 11 is 5.95. The molecule has 0 aliphatic heterocycles. The fourth-order valence-electron chi connectivity index (χ4n) is 1.79. The second kappa shape index (κ2) is 4.88. The molecule has 3 aromatic rings. The molecule has 0 spiro atoms. The van der Waals surface area contributed by atoms with E-state index in [9.17, 15) is 13.2 Å². The third-order valence-corrected chi connectivity index (χ3v) is 3.24. The molecule has 2 heterocycles. The number of nitrogens with one attached hydrogen (secondary N) is 1. The molecule has 0 bridgehead atoms. The fraction of sp³-hybridized carbons (Fsp3) is 0.0833. The van der Waals surface area contributed by atoms with Gasteiger partial charge >= 0.3 is 0 Å². The molecular weight excluding hydrogens is 307 g/mol. The van der Waals surface area contributed by atoms with E-state index in [0.29, 0.717) is 17.7 Å². The number of benzene rings is 1. The lowest BCUT2D eigenvalue weighted by molar-refractivity contribution is 0.496. The van der Waals surface area contributed by atoms with Gasteiger partial charge in [-0.25, -0.2) is 13.2 Å². The summed E-state index contributed by atoms with van der Waals surface area (Å²) in [7, 11) is 0. The van der Waals surface area contributed by atoms with E-state index in [4.69, 9.17) is 11.6 Å². The summed E-state index contributed by atoms with van der Waals surface area (Å²) in [6.07, 6.45) is 1.24. The first-order chi connectivity index (χ1) is 9.97. The van der Waals surface area contributed by atoms with Crippen molar-refractivity contribution in [3.8, 4) is 0 Å². The van der Waals surface area contributed by atoms with Crippen molar-refractivity contribution in [2.45, 2.75) is 6.92 Å². The molecule has 5 nitrogen and oxygen atoms in total. The monoisotopic (exact) mass is 313 g/mol. The summed E-state index contributed by atoms with van der Waals surface area (Å²) in [5.41, 5.74) is 0.204. The highest BCUT2D eigenvalue weighted by Gasteiger charge is 2.16. The Balaban J connectivity index is 2.16. The number of hydrogen-bond donors (Lipinski definition) is 1. The minimum atomic E-state index is -1.27. The van der Waals surface area contributed by atoms with Crippen LogP contribution in [0, 0.1) is 24.4 Å². The predicted molar refractivity (Wildman–Crippen MR) is 70.1 cm³/mol. The summed E-state index contributed by atoms with van der Waals surface area (Å²) < 4.78 is 41.2. The topological polar surface area (TPSA) is 55.1 Å². The number of aromatic nitrogens is 4. The van der Waals surface area contributed by atoms with Gasteiger partial charge in [0.25, 0.3) is 5.78 Å². The van der Waals surface area contributed by atoms with Gasteiger partial charge in [-0.15, -0.1) is 0 Å². The van der Waals surface area contributed by atoms with Gasteiger partial charge in [0.2, 0.25) is 0 Å². The molecule has 0 radical (unpaired) electrons. The van der Waals surface area contributed by atoms with Crippen molar-refractivity contribution in [2.24, 2.45) is 0 Å². The third kappa shape index (κ3) is 2.27. The zero-order chi connectivity index (χ0) is 15.1. The molecule has 108 valence electrons. The summed E-state index contributed by atoms with van der Waals surface area (Å²) in [6, 6.07) is 1.16. The van der Waals surface area contributed by atoms with E-state index in [2.05, 4.69) is 20.4 Å². The van der Waals surface area contributed by atoms with Gasteiger partial charge in [0.1, 0.15) is 23.1 Å². The maximum atomic E-state index is 13.7. The first-order valence-corrected chi connectivity index (χ1v) is 6.12. The van der Waals surface area contributed by atoms with E-state index < -0.39 is 17.5 Å². The van der Waals surface area contributed by atoms with Crippen LogP contribution in [0.15, 0.2) is 18.5 Å². The second-order valence-corrected chi connectivity index (χ2v) is 4.58. The second-order valence-electron chi connectivity index (χ2n) is 4.22. The lowest BCUT2D eigenvalue weighted by Crippen LogP contribution is -2.06. The molecule has 3 rings (SSSR count). The Labute approximate surface area is 121 Å². The highest BCUT2D eigenvalue weighted by Crippen LogP contribution is 2.27. The number of fused-ring (bicyclic) bond motifs is 1. The van der Waals surface area contributed by atoms with Crippen molar-refractivity contribution in [1.82, 2.24) is 19.6 Å². The van der Waals surface area contributed by atoms with Crippen LogP contribution in [-0.2, 0) is 0 Å². The predicted octanol–water partition coefficient (Wildman–Crippen LogP) is 3.25. The Morgan fingerprint density at radius 2 is 1.86 bits per heavy atom. The largest absolute Gasteiger partial charge is 0.337 e. The lowest BCUT2D eigenvalue weighted by atomic mass is 10.2. The first-order valence-electron chi connectivity index (χ1n) is 5.75. The Hall–Kier alpha value is -2.35. The maximum Gasteiger partial charge on any atom is 0.255 e. The molecule has 0 saturated heterocycles. The molecule has 0 fully saturated rings. The van der Waals surface area contributed by atoms with Crippen LogP contribution in [0.25, 0.3) is 5.78 Å². The van der Waals surface area contributed by atoms with Crippen molar-refractivity contribution in [3.05, 3.63) is 46.6 Å². The minimum Gasteiger partial charge on any atom is -0.337 e. The highest BCUT2D eigenvalue weighted by molar-refractivity contribution is 6.30.